The van der Waals surface area contributed by atoms with Gasteiger partial charge in [0.1, 0.15) is 5.54 Å². The lowest BCUT2D eigenvalue weighted by atomic mass is 9.94. The number of Topliss-reactive ketones (excluding diaryl/α,β-unsaturated/α-hetero) is 1. The lowest BCUT2D eigenvalue weighted by molar-refractivity contribution is -0.176. The molecule has 1 heterocycles. The minimum atomic E-state index is -5.00. The number of rotatable bonds is 3. The predicted octanol–water partition coefficient (Wildman–Crippen LogP) is 0.788. The molecule has 0 aromatic carbocycles. The van der Waals surface area contributed by atoms with Gasteiger partial charge in [0, 0.05) is 13.0 Å². The molecule has 0 aliphatic carbocycles. The molecule has 92 valence electrons. The molecule has 1 rings (SSSR count). The van der Waals surface area contributed by atoms with Gasteiger partial charge in [0.15, 0.2) is 5.78 Å². The molecule has 1 amide bonds. The van der Waals surface area contributed by atoms with Crippen LogP contribution in [0.1, 0.15) is 6.42 Å². The van der Waals surface area contributed by atoms with Crippen LogP contribution >= 0.6 is 15.9 Å². The van der Waals surface area contributed by atoms with E-state index in [2.05, 4.69) is 15.9 Å². The summed E-state index contributed by atoms with van der Waals surface area (Å²) in [5, 5.41) is 1.58. The smallest absolute Gasteiger partial charge is 0.378 e. The SMILES string of the molecule is O=C(NC1(C(=O)CBr)CCOC1)C(F)(F)F. The van der Waals surface area contributed by atoms with E-state index < -0.39 is 23.4 Å². The Morgan fingerprint density at radius 1 is 1.44 bits per heavy atom. The van der Waals surface area contributed by atoms with E-state index in [-0.39, 0.29) is 25.0 Å². The van der Waals surface area contributed by atoms with Crippen LogP contribution in [0.25, 0.3) is 0 Å². The molecule has 0 aromatic rings. The van der Waals surface area contributed by atoms with Gasteiger partial charge in [-0.05, 0) is 0 Å². The molecule has 4 nitrogen and oxygen atoms in total. The summed E-state index contributed by atoms with van der Waals surface area (Å²) >= 11 is 2.86. The Bertz CT molecular complexity index is 299. The van der Waals surface area contributed by atoms with Crippen LogP contribution in [0.2, 0.25) is 0 Å². The molecule has 1 fully saturated rings. The topological polar surface area (TPSA) is 55.4 Å². The fourth-order valence-corrected chi connectivity index (χ4v) is 1.91. The van der Waals surface area contributed by atoms with E-state index >= 15 is 0 Å². The molecule has 0 radical (unpaired) electrons. The van der Waals surface area contributed by atoms with Crippen molar-refractivity contribution in [2.75, 3.05) is 18.5 Å². The van der Waals surface area contributed by atoms with Gasteiger partial charge in [-0.1, -0.05) is 15.9 Å². The van der Waals surface area contributed by atoms with Crippen LogP contribution in [-0.4, -0.2) is 41.9 Å². The number of carbonyl (C=O) groups excluding carboxylic acids is 2. The van der Waals surface area contributed by atoms with E-state index in [1.807, 2.05) is 0 Å². The van der Waals surface area contributed by atoms with Crippen molar-refractivity contribution < 1.29 is 27.5 Å². The molecule has 0 bridgehead atoms. The van der Waals surface area contributed by atoms with Crippen molar-refractivity contribution in [1.29, 1.82) is 0 Å². The molecule has 1 saturated heterocycles. The fraction of sp³-hybridized carbons (Fsp3) is 0.750. The zero-order valence-electron chi connectivity index (χ0n) is 8.07. The maximum atomic E-state index is 12.1. The first-order valence-electron chi connectivity index (χ1n) is 4.38. The number of hydrogen-bond donors (Lipinski definition) is 1. The third-order valence-electron chi connectivity index (χ3n) is 2.29. The zero-order valence-corrected chi connectivity index (χ0v) is 9.65. The molecule has 1 unspecified atom stereocenters. The van der Waals surface area contributed by atoms with Gasteiger partial charge in [-0.15, -0.1) is 0 Å². The number of halogens is 4. The number of carbonyl (C=O) groups is 2. The normalized spacial score (nSPS) is 25.5. The van der Waals surface area contributed by atoms with E-state index in [1.54, 1.807) is 5.32 Å². The average molecular weight is 304 g/mol. The highest BCUT2D eigenvalue weighted by Gasteiger charge is 2.48. The van der Waals surface area contributed by atoms with Crippen LogP contribution in [0.5, 0.6) is 0 Å². The van der Waals surface area contributed by atoms with Gasteiger partial charge < -0.3 is 10.1 Å². The summed E-state index contributed by atoms with van der Waals surface area (Å²) in [7, 11) is 0. The number of nitrogens with one attached hydrogen (secondary N) is 1. The Morgan fingerprint density at radius 2 is 2.06 bits per heavy atom. The van der Waals surface area contributed by atoms with Crippen molar-refractivity contribution in [1.82, 2.24) is 5.32 Å². The Hall–Kier alpha value is -0.630. The number of hydrogen-bond acceptors (Lipinski definition) is 3. The summed E-state index contributed by atoms with van der Waals surface area (Å²) in [4.78, 5) is 22.3. The molecule has 8 heteroatoms. The summed E-state index contributed by atoms with van der Waals surface area (Å²) in [5.74, 6) is -2.64. The molecule has 0 spiro atoms. The highest BCUT2D eigenvalue weighted by atomic mass is 79.9. The first kappa shape index (κ1) is 13.4. The summed E-state index contributed by atoms with van der Waals surface area (Å²) in [5.41, 5.74) is -1.55. The highest BCUT2D eigenvalue weighted by molar-refractivity contribution is 9.09. The lowest BCUT2D eigenvalue weighted by Crippen LogP contribution is -2.58. The summed E-state index contributed by atoms with van der Waals surface area (Å²) in [6, 6.07) is 0. The van der Waals surface area contributed by atoms with Gasteiger partial charge >= 0.3 is 12.1 Å². The zero-order chi connectivity index (χ0) is 12.4. The second kappa shape index (κ2) is 4.70. The van der Waals surface area contributed by atoms with Crippen LogP contribution in [0, 0.1) is 0 Å². The Labute approximate surface area is 97.6 Å². The first-order valence-corrected chi connectivity index (χ1v) is 5.50. The van der Waals surface area contributed by atoms with E-state index in [1.165, 1.54) is 0 Å². The van der Waals surface area contributed by atoms with Crippen molar-refractivity contribution in [2.24, 2.45) is 0 Å². The third kappa shape index (κ3) is 2.73. The van der Waals surface area contributed by atoms with Crippen molar-refractivity contribution >= 4 is 27.6 Å². The van der Waals surface area contributed by atoms with Gasteiger partial charge in [-0.3, -0.25) is 9.59 Å². The first-order chi connectivity index (χ1) is 7.32. The number of alkyl halides is 4. The molecule has 16 heavy (non-hydrogen) atoms. The van der Waals surface area contributed by atoms with Crippen molar-refractivity contribution in [3.05, 3.63) is 0 Å². The minimum absolute atomic E-state index is 0.0548. The average Bonchev–Trinajstić information content (AvgIpc) is 2.65. The van der Waals surface area contributed by atoms with E-state index in [9.17, 15) is 22.8 Å². The largest absolute Gasteiger partial charge is 0.471 e. The van der Waals surface area contributed by atoms with E-state index in [4.69, 9.17) is 4.74 Å². The second-order valence-corrected chi connectivity index (χ2v) is 3.95. The summed E-state index contributed by atoms with van der Waals surface area (Å²) in [6.45, 7) is -0.0733. The maximum absolute atomic E-state index is 12.1. The fourth-order valence-electron chi connectivity index (χ4n) is 1.37. The van der Waals surface area contributed by atoms with Crippen molar-refractivity contribution in [3.8, 4) is 0 Å². The highest BCUT2D eigenvalue weighted by Crippen LogP contribution is 2.24. The second-order valence-electron chi connectivity index (χ2n) is 3.39. The van der Waals surface area contributed by atoms with E-state index in [0.29, 0.717) is 0 Å². The van der Waals surface area contributed by atoms with Crippen LogP contribution in [-0.2, 0) is 14.3 Å². The molecule has 1 aliphatic rings. The van der Waals surface area contributed by atoms with Crippen molar-refractivity contribution in [2.45, 2.75) is 18.1 Å². The van der Waals surface area contributed by atoms with Gasteiger partial charge in [0.2, 0.25) is 0 Å². The van der Waals surface area contributed by atoms with Crippen LogP contribution in [0.3, 0.4) is 0 Å². The third-order valence-corrected chi connectivity index (χ3v) is 2.80. The number of ether oxygens (including phenoxy) is 1. The molecule has 1 N–H and O–H groups in total. The predicted molar refractivity (Wildman–Crippen MR) is 51.2 cm³/mol. The van der Waals surface area contributed by atoms with Crippen LogP contribution < -0.4 is 5.32 Å². The maximum Gasteiger partial charge on any atom is 0.471 e. The molecule has 1 atom stereocenters. The number of ketones is 1. The van der Waals surface area contributed by atoms with Crippen LogP contribution in [0.15, 0.2) is 0 Å². The van der Waals surface area contributed by atoms with Gasteiger partial charge in [-0.2, -0.15) is 13.2 Å². The van der Waals surface area contributed by atoms with E-state index in [0.717, 1.165) is 0 Å². The van der Waals surface area contributed by atoms with Gasteiger partial charge in [-0.25, -0.2) is 0 Å². The van der Waals surface area contributed by atoms with Gasteiger partial charge in [0.25, 0.3) is 0 Å². The quantitative estimate of drug-likeness (QED) is 0.784. The Morgan fingerprint density at radius 3 is 2.44 bits per heavy atom. The summed E-state index contributed by atoms with van der Waals surface area (Å²) < 4.78 is 41.1. The van der Waals surface area contributed by atoms with Gasteiger partial charge in [0.05, 0.1) is 11.9 Å². The lowest BCUT2D eigenvalue weighted by Gasteiger charge is -2.26. The van der Waals surface area contributed by atoms with Crippen molar-refractivity contribution in [3.63, 3.8) is 0 Å². The monoisotopic (exact) mass is 303 g/mol. The molecular weight excluding hydrogens is 295 g/mol. The molecule has 1 aliphatic heterocycles. The van der Waals surface area contributed by atoms with Crippen LogP contribution in [0.4, 0.5) is 13.2 Å². The Kier molecular flexibility index (Phi) is 3.95. The minimum Gasteiger partial charge on any atom is -0.378 e. The Balaban J connectivity index is 2.81. The molecular formula is C8H9BrF3NO3. The standard InChI is InChI=1S/C8H9BrF3NO3/c9-3-5(14)7(1-2-16-4-7)13-6(15)8(10,11)12/h1-4H2,(H,13,15). The summed E-state index contributed by atoms with van der Waals surface area (Å²) in [6.07, 6.45) is -4.94. The number of amides is 1. The molecule has 0 aromatic heterocycles. The molecule has 0 saturated carbocycles.